The first-order valence-electron chi connectivity index (χ1n) is 8.92. The van der Waals surface area contributed by atoms with E-state index in [0.29, 0.717) is 38.5 Å². The van der Waals surface area contributed by atoms with E-state index in [2.05, 4.69) is 5.32 Å². The van der Waals surface area contributed by atoms with Gasteiger partial charge in [0.15, 0.2) is 0 Å². The average Bonchev–Trinajstić information content (AvgIpc) is 2.73. The molecule has 146 valence electrons. The van der Waals surface area contributed by atoms with Gasteiger partial charge in [-0.2, -0.15) is 0 Å². The third-order valence-electron chi connectivity index (χ3n) is 4.69. The van der Waals surface area contributed by atoms with E-state index in [4.69, 9.17) is 9.47 Å². The molecule has 9 nitrogen and oxygen atoms in total. The zero-order valence-electron chi connectivity index (χ0n) is 15.3. The lowest BCUT2D eigenvalue weighted by atomic mass is 10.1. The van der Waals surface area contributed by atoms with E-state index in [1.54, 1.807) is 17.0 Å². The molecular weight excluding hydrogens is 352 g/mol. The van der Waals surface area contributed by atoms with Gasteiger partial charge < -0.3 is 29.5 Å². The van der Waals surface area contributed by atoms with Gasteiger partial charge in [0.05, 0.1) is 26.9 Å². The van der Waals surface area contributed by atoms with E-state index in [0.717, 1.165) is 0 Å². The molecule has 2 fully saturated rings. The first kappa shape index (κ1) is 19.0. The molecule has 1 N–H and O–H groups in total. The third kappa shape index (κ3) is 4.48. The molecule has 3 rings (SSSR count). The summed E-state index contributed by atoms with van der Waals surface area (Å²) in [6.45, 7) is 2.62. The van der Waals surface area contributed by atoms with Crippen molar-refractivity contribution in [1.29, 1.82) is 0 Å². The lowest BCUT2D eigenvalue weighted by Gasteiger charge is -2.42. The zero-order valence-corrected chi connectivity index (χ0v) is 15.3. The predicted octanol–water partition coefficient (Wildman–Crippen LogP) is 0.830. The maximum Gasteiger partial charge on any atom is 0.330 e. The van der Waals surface area contributed by atoms with Crippen molar-refractivity contribution in [2.75, 3.05) is 58.4 Å². The number of urea groups is 2. The Bertz CT molecular complexity index is 678. The number of benzene rings is 1. The Morgan fingerprint density at radius 2 is 1.74 bits per heavy atom. The van der Waals surface area contributed by atoms with Crippen LogP contribution >= 0.6 is 0 Å². The molecule has 0 saturated carbocycles. The summed E-state index contributed by atoms with van der Waals surface area (Å²) in [4.78, 5) is 42.3. The summed E-state index contributed by atoms with van der Waals surface area (Å²) in [6, 6.07) is 7.71. The number of nitrogens with zero attached hydrogens (tertiary/aromatic N) is 3. The number of amides is 4. The van der Waals surface area contributed by atoms with Crippen LogP contribution in [0.15, 0.2) is 30.3 Å². The molecule has 0 spiro atoms. The molecule has 1 aromatic rings. The maximum absolute atomic E-state index is 12.8. The quantitative estimate of drug-likeness (QED) is 0.772. The number of piperazine rings is 1. The minimum absolute atomic E-state index is 0.0847. The smallest absolute Gasteiger partial charge is 0.330 e. The second kappa shape index (κ2) is 8.72. The molecule has 9 heteroatoms. The van der Waals surface area contributed by atoms with E-state index in [9.17, 15) is 14.4 Å². The molecule has 1 aromatic carbocycles. The molecule has 0 aliphatic carbocycles. The molecule has 0 radical (unpaired) electrons. The molecule has 4 amide bonds. The lowest BCUT2D eigenvalue weighted by Crippen LogP contribution is -2.63. The van der Waals surface area contributed by atoms with Crippen LogP contribution in [0.4, 0.5) is 15.3 Å². The number of methoxy groups -OCH3 is 1. The van der Waals surface area contributed by atoms with Gasteiger partial charge >= 0.3 is 18.0 Å². The van der Waals surface area contributed by atoms with Crippen molar-refractivity contribution in [1.82, 2.24) is 14.7 Å². The normalized spacial score (nSPS) is 20.2. The number of carbonyl (C=O) groups is 3. The Kier molecular flexibility index (Phi) is 6.12. The van der Waals surface area contributed by atoms with Crippen molar-refractivity contribution in [3.05, 3.63) is 30.3 Å². The lowest BCUT2D eigenvalue weighted by molar-refractivity contribution is -0.147. The van der Waals surface area contributed by atoms with E-state index >= 15 is 0 Å². The number of para-hydroxylation sites is 1. The van der Waals surface area contributed by atoms with Crippen LogP contribution < -0.4 is 5.32 Å². The Morgan fingerprint density at radius 1 is 1.04 bits per heavy atom. The van der Waals surface area contributed by atoms with Crippen LogP contribution in [-0.4, -0.2) is 91.8 Å². The fourth-order valence-electron chi connectivity index (χ4n) is 3.19. The number of nitrogens with one attached hydrogen (secondary N) is 1. The number of esters is 1. The van der Waals surface area contributed by atoms with Gasteiger partial charge in [-0.15, -0.1) is 0 Å². The molecule has 2 saturated heterocycles. The van der Waals surface area contributed by atoms with Crippen LogP contribution in [0.1, 0.15) is 0 Å². The van der Waals surface area contributed by atoms with Crippen molar-refractivity contribution in [2.24, 2.45) is 0 Å². The summed E-state index contributed by atoms with van der Waals surface area (Å²) in [5.41, 5.74) is 0.670. The number of hydrogen-bond donors (Lipinski definition) is 1. The highest BCUT2D eigenvalue weighted by atomic mass is 16.5. The van der Waals surface area contributed by atoms with Gasteiger partial charge in [-0.1, -0.05) is 18.2 Å². The monoisotopic (exact) mass is 376 g/mol. The Hall–Kier alpha value is -2.81. The summed E-state index contributed by atoms with van der Waals surface area (Å²) in [6.07, 6.45) is 0. The predicted molar refractivity (Wildman–Crippen MR) is 97.3 cm³/mol. The molecule has 2 heterocycles. The highest BCUT2D eigenvalue weighted by Gasteiger charge is 2.39. The average molecular weight is 376 g/mol. The second-order valence-corrected chi connectivity index (χ2v) is 6.36. The first-order chi connectivity index (χ1) is 13.1. The number of hydrogen-bond acceptors (Lipinski definition) is 5. The Morgan fingerprint density at radius 3 is 2.41 bits per heavy atom. The first-order valence-corrected chi connectivity index (χ1v) is 8.92. The van der Waals surface area contributed by atoms with Crippen LogP contribution in [0.2, 0.25) is 0 Å². The van der Waals surface area contributed by atoms with E-state index in [-0.39, 0.29) is 25.2 Å². The summed E-state index contributed by atoms with van der Waals surface area (Å²) in [5, 5.41) is 2.80. The number of rotatable bonds is 2. The zero-order chi connectivity index (χ0) is 19.2. The molecule has 0 aromatic heterocycles. The van der Waals surface area contributed by atoms with Crippen molar-refractivity contribution >= 4 is 23.7 Å². The van der Waals surface area contributed by atoms with Crippen LogP contribution in [0, 0.1) is 0 Å². The van der Waals surface area contributed by atoms with Crippen molar-refractivity contribution in [3.8, 4) is 0 Å². The number of carbonyl (C=O) groups excluding carboxylic acids is 3. The van der Waals surface area contributed by atoms with E-state index in [1.165, 1.54) is 16.9 Å². The highest BCUT2D eigenvalue weighted by molar-refractivity contribution is 5.91. The van der Waals surface area contributed by atoms with E-state index < -0.39 is 12.0 Å². The SMILES string of the molecule is COC(=O)[C@H]1CN(C(=O)Nc2ccccc2)CCN1C(=O)N1CCOCC1. The molecule has 2 aliphatic rings. The van der Waals surface area contributed by atoms with E-state index in [1.807, 2.05) is 18.2 Å². The second-order valence-electron chi connectivity index (χ2n) is 6.36. The summed E-state index contributed by atoms with van der Waals surface area (Å²) in [7, 11) is 1.28. The highest BCUT2D eigenvalue weighted by Crippen LogP contribution is 2.16. The molecular formula is C18H24N4O5. The third-order valence-corrected chi connectivity index (χ3v) is 4.69. The Labute approximate surface area is 157 Å². The van der Waals surface area contributed by atoms with Gasteiger partial charge in [0.1, 0.15) is 6.04 Å². The van der Waals surface area contributed by atoms with Crippen LogP contribution in [0.25, 0.3) is 0 Å². The number of morpholine rings is 1. The van der Waals surface area contributed by atoms with Gasteiger partial charge in [0.2, 0.25) is 0 Å². The van der Waals surface area contributed by atoms with Gasteiger partial charge in [-0.3, -0.25) is 0 Å². The largest absolute Gasteiger partial charge is 0.467 e. The van der Waals surface area contributed by atoms with Crippen molar-refractivity contribution in [2.45, 2.75) is 6.04 Å². The summed E-state index contributed by atoms with van der Waals surface area (Å²) >= 11 is 0. The Balaban J connectivity index is 1.67. The van der Waals surface area contributed by atoms with Gasteiger partial charge in [0, 0.05) is 31.9 Å². The van der Waals surface area contributed by atoms with Crippen LogP contribution in [-0.2, 0) is 14.3 Å². The minimum atomic E-state index is -0.833. The fourth-order valence-corrected chi connectivity index (χ4v) is 3.19. The number of anilines is 1. The molecule has 0 unspecified atom stereocenters. The topological polar surface area (TPSA) is 91.4 Å². The molecule has 27 heavy (non-hydrogen) atoms. The molecule has 1 atom stereocenters. The summed E-state index contributed by atoms with van der Waals surface area (Å²) in [5.74, 6) is -0.533. The molecule has 2 aliphatic heterocycles. The van der Waals surface area contributed by atoms with Crippen molar-refractivity contribution < 1.29 is 23.9 Å². The van der Waals surface area contributed by atoms with Gasteiger partial charge in [-0.05, 0) is 12.1 Å². The molecule has 0 bridgehead atoms. The number of ether oxygens (including phenoxy) is 2. The maximum atomic E-state index is 12.8. The summed E-state index contributed by atoms with van der Waals surface area (Å²) < 4.78 is 10.1. The van der Waals surface area contributed by atoms with Gasteiger partial charge in [-0.25, -0.2) is 14.4 Å². The standard InChI is InChI=1S/C18H24N4O5/c1-26-16(23)15-13-21(17(24)19-14-5-3-2-4-6-14)7-8-22(15)18(25)20-9-11-27-12-10-20/h2-6,15H,7-13H2,1H3,(H,19,24)/t15-/m1/s1. The minimum Gasteiger partial charge on any atom is -0.467 e. The van der Waals surface area contributed by atoms with Crippen LogP contribution in [0.3, 0.4) is 0 Å². The van der Waals surface area contributed by atoms with Crippen LogP contribution in [0.5, 0.6) is 0 Å². The fraction of sp³-hybridized carbons (Fsp3) is 0.500. The van der Waals surface area contributed by atoms with Crippen molar-refractivity contribution in [3.63, 3.8) is 0 Å². The van der Waals surface area contributed by atoms with Gasteiger partial charge in [0.25, 0.3) is 0 Å².